The molecule has 84 valence electrons. The first-order valence-corrected chi connectivity index (χ1v) is 5.01. The van der Waals surface area contributed by atoms with Crippen LogP contribution in [0.4, 0.5) is 11.4 Å². The Morgan fingerprint density at radius 1 is 1.38 bits per heavy atom. The van der Waals surface area contributed by atoms with Crippen LogP contribution in [0.5, 0.6) is 0 Å². The van der Waals surface area contributed by atoms with Crippen molar-refractivity contribution in [2.45, 2.75) is 12.8 Å². The maximum Gasteiger partial charge on any atom is 0.335 e. The topological polar surface area (TPSA) is 92.4 Å². The van der Waals surface area contributed by atoms with Crippen LogP contribution in [0.1, 0.15) is 23.2 Å². The second-order valence-electron chi connectivity index (χ2n) is 3.87. The number of carboxylic acid groups (broad SMARTS) is 1. The van der Waals surface area contributed by atoms with Gasteiger partial charge in [0.05, 0.1) is 16.9 Å². The number of anilines is 2. The first-order valence-electron chi connectivity index (χ1n) is 5.01. The van der Waals surface area contributed by atoms with Crippen LogP contribution in [0.2, 0.25) is 0 Å². The number of aromatic carboxylic acids is 1. The van der Waals surface area contributed by atoms with Crippen molar-refractivity contribution < 1.29 is 14.7 Å². The highest BCUT2D eigenvalue weighted by Crippen LogP contribution is 2.31. The van der Waals surface area contributed by atoms with Crippen molar-refractivity contribution in [1.29, 1.82) is 0 Å². The van der Waals surface area contributed by atoms with Gasteiger partial charge in [0, 0.05) is 5.92 Å². The van der Waals surface area contributed by atoms with Crippen LogP contribution in [-0.2, 0) is 4.79 Å². The number of nitrogen functional groups attached to an aromatic ring is 1. The summed E-state index contributed by atoms with van der Waals surface area (Å²) in [5.41, 5.74) is 6.51. The maximum absolute atomic E-state index is 11.5. The van der Waals surface area contributed by atoms with E-state index in [0.717, 1.165) is 12.8 Å². The zero-order valence-corrected chi connectivity index (χ0v) is 8.56. The minimum absolute atomic E-state index is 0.0465. The third-order valence-electron chi connectivity index (χ3n) is 2.50. The smallest absolute Gasteiger partial charge is 0.335 e. The number of benzene rings is 1. The third kappa shape index (κ3) is 2.13. The molecular weight excluding hydrogens is 208 g/mol. The Balaban J connectivity index is 2.15. The molecule has 0 aliphatic heterocycles. The number of hydrogen-bond donors (Lipinski definition) is 3. The molecule has 1 amide bonds. The van der Waals surface area contributed by atoms with Gasteiger partial charge < -0.3 is 16.2 Å². The largest absolute Gasteiger partial charge is 0.478 e. The number of carbonyl (C=O) groups is 2. The molecule has 1 fully saturated rings. The Morgan fingerprint density at radius 2 is 2.06 bits per heavy atom. The predicted octanol–water partition coefficient (Wildman–Crippen LogP) is 1.32. The maximum atomic E-state index is 11.5. The Morgan fingerprint density at radius 3 is 2.56 bits per heavy atom. The molecule has 0 saturated heterocycles. The summed E-state index contributed by atoms with van der Waals surface area (Å²) in [6.07, 6.45) is 1.83. The van der Waals surface area contributed by atoms with Crippen molar-refractivity contribution in [1.82, 2.24) is 0 Å². The molecule has 1 aliphatic rings. The molecule has 0 heterocycles. The summed E-state index contributed by atoms with van der Waals surface area (Å²) < 4.78 is 0. The number of amides is 1. The van der Waals surface area contributed by atoms with Gasteiger partial charge in [0.1, 0.15) is 0 Å². The van der Waals surface area contributed by atoms with Gasteiger partial charge in [-0.25, -0.2) is 4.79 Å². The normalized spacial score (nSPS) is 14.5. The van der Waals surface area contributed by atoms with Gasteiger partial charge in [-0.2, -0.15) is 0 Å². The van der Waals surface area contributed by atoms with Crippen LogP contribution in [0.15, 0.2) is 18.2 Å². The number of rotatable bonds is 3. The number of carbonyl (C=O) groups excluding carboxylic acids is 1. The van der Waals surface area contributed by atoms with Crippen molar-refractivity contribution in [3.05, 3.63) is 23.8 Å². The van der Waals surface area contributed by atoms with Gasteiger partial charge >= 0.3 is 5.97 Å². The summed E-state index contributed by atoms with van der Waals surface area (Å²) in [6.45, 7) is 0. The van der Waals surface area contributed by atoms with Crippen LogP contribution in [0.25, 0.3) is 0 Å². The zero-order valence-electron chi connectivity index (χ0n) is 8.56. The van der Waals surface area contributed by atoms with Crippen LogP contribution >= 0.6 is 0 Å². The lowest BCUT2D eigenvalue weighted by Crippen LogP contribution is -2.14. The molecule has 0 bridgehead atoms. The summed E-state index contributed by atoms with van der Waals surface area (Å²) in [4.78, 5) is 22.1. The fourth-order valence-corrected chi connectivity index (χ4v) is 1.39. The molecule has 16 heavy (non-hydrogen) atoms. The lowest BCUT2D eigenvalue weighted by Gasteiger charge is -2.08. The number of carboxylic acids is 1. The van der Waals surface area contributed by atoms with Crippen molar-refractivity contribution >= 4 is 23.3 Å². The minimum Gasteiger partial charge on any atom is -0.478 e. The van der Waals surface area contributed by atoms with Crippen LogP contribution < -0.4 is 11.1 Å². The number of hydrogen-bond acceptors (Lipinski definition) is 3. The summed E-state index contributed by atoms with van der Waals surface area (Å²) >= 11 is 0. The standard InChI is InChI=1S/C11H12N2O3/c12-8-5-7(11(15)16)3-4-9(8)13-10(14)6-1-2-6/h3-6H,1-2,12H2,(H,13,14)(H,15,16). The summed E-state index contributed by atoms with van der Waals surface area (Å²) in [6, 6.07) is 4.27. The molecular formula is C11H12N2O3. The number of nitrogens with one attached hydrogen (secondary N) is 1. The Hall–Kier alpha value is -2.04. The molecule has 1 aromatic carbocycles. The fourth-order valence-electron chi connectivity index (χ4n) is 1.39. The molecule has 0 spiro atoms. The van der Waals surface area contributed by atoms with E-state index in [-0.39, 0.29) is 23.1 Å². The highest BCUT2D eigenvalue weighted by molar-refractivity contribution is 5.98. The highest BCUT2D eigenvalue weighted by atomic mass is 16.4. The van der Waals surface area contributed by atoms with E-state index >= 15 is 0 Å². The van der Waals surface area contributed by atoms with E-state index in [1.807, 2.05) is 0 Å². The second-order valence-corrected chi connectivity index (χ2v) is 3.87. The summed E-state index contributed by atoms with van der Waals surface area (Å²) in [5.74, 6) is -0.986. The Kier molecular flexibility index (Phi) is 2.52. The summed E-state index contributed by atoms with van der Waals surface area (Å²) in [5, 5.41) is 11.4. The van der Waals surface area contributed by atoms with Crippen molar-refractivity contribution in [3.8, 4) is 0 Å². The molecule has 4 N–H and O–H groups in total. The molecule has 5 nitrogen and oxygen atoms in total. The van der Waals surface area contributed by atoms with Gasteiger partial charge in [-0.05, 0) is 31.0 Å². The quantitative estimate of drug-likeness (QED) is 0.670. The monoisotopic (exact) mass is 220 g/mol. The highest BCUT2D eigenvalue weighted by Gasteiger charge is 2.29. The average Bonchev–Trinajstić information content (AvgIpc) is 3.03. The zero-order chi connectivity index (χ0) is 11.7. The van der Waals surface area contributed by atoms with Crippen molar-refractivity contribution in [2.75, 3.05) is 11.1 Å². The molecule has 0 atom stereocenters. The van der Waals surface area contributed by atoms with E-state index in [2.05, 4.69) is 5.32 Å². The minimum atomic E-state index is -1.04. The van der Waals surface area contributed by atoms with Gasteiger partial charge in [0.2, 0.25) is 5.91 Å². The Bertz CT molecular complexity index is 453. The molecule has 2 rings (SSSR count). The van der Waals surface area contributed by atoms with Gasteiger partial charge in [0.25, 0.3) is 0 Å². The van der Waals surface area contributed by atoms with Crippen LogP contribution in [0.3, 0.4) is 0 Å². The lowest BCUT2D eigenvalue weighted by molar-refractivity contribution is -0.117. The molecule has 0 aromatic heterocycles. The van der Waals surface area contributed by atoms with Crippen LogP contribution in [0, 0.1) is 5.92 Å². The third-order valence-corrected chi connectivity index (χ3v) is 2.50. The van der Waals surface area contributed by atoms with E-state index in [9.17, 15) is 9.59 Å². The average molecular weight is 220 g/mol. The number of nitrogens with two attached hydrogens (primary N) is 1. The second kappa shape index (κ2) is 3.84. The van der Waals surface area contributed by atoms with E-state index < -0.39 is 5.97 Å². The van der Waals surface area contributed by atoms with Crippen molar-refractivity contribution in [3.63, 3.8) is 0 Å². The Labute approximate surface area is 92.3 Å². The predicted molar refractivity (Wildman–Crippen MR) is 59.2 cm³/mol. The lowest BCUT2D eigenvalue weighted by atomic mass is 10.1. The van der Waals surface area contributed by atoms with Crippen molar-refractivity contribution in [2.24, 2.45) is 5.92 Å². The molecule has 1 aromatic rings. The molecule has 0 unspecified atom stereocenters. The van der Waals surface area contributed by atoms with E-state index in [1.165, 1.54) is 18.2 Å². The van der Waals surface area contributed by atoms with E-state index in [1.54, 1.807) is 0 Å². The first kappa shape index (κ1) is 10.5. The fraction of sp³-hybridized carbons (Fsp3) is 0.273. The molecule has 1 saturated carbocycles. The van der Waals surface area contributed by atoms with Crippen LogP contribution in [-0.4, -0.2) is 17.0 Å². The van der Waals surface area contributed by atoms with Gasteiger partial charge in [-0.3, -0.25) is 4.79 Å². The first-order chi connectivity index (χ1) is 7.58. The molecule has 5 heteroatoms. The van der Waals surface area contributed by atoms with Gasteiger partial charge in [-0.15, -0.1) is 0 Å². The SMILES string of the molecule is Nc1cc(C(=O)O)ccc1NC(=O)C1CC1. The molecule has 0 radical (unpaired) electrons. The van der Waals surface area contributed by atoms with Gasteiger partial charge in [0.15, 0.2) is 0 Å². The summed E-state index contributed by atoms with van der Waals surface area (Å²) in [7, 11) is 0. The van der Waals surface area contributed by atoms with E-state index in [0.29, 0.717) is 5.69 Å². The van der Waals surface area contributed by atoms with E-state index in [4.69, 9.17) is 10.8 Å². The molecule has 1 aliphatic carbocycles. The van der Waals surface area contributed by atoms with Gasteiger partial charge in [-0.1, -0.05) is 0 Å².